The highest BCUT2D eigenvalue weighted by atomic mass is 32.2. The number of carbonyl (C=O) groups is 2. The van der Waals surface area contributed by atoms with Gasteiger partial charge in [0, 0.05) is 0 Å². The molecule has 0 atom stereocenters. The highest BCUT2D eigenvalue weighted by molar-refractivity contribution is 7.93. The van der Waals surface area contributed by atoms with E-state index in [1.165, 1.54) is 13.8 Å². The molecule has 164 valence electrons. The van der Waals surface area contributed by atoms with Crippen molar-refractivity contribution in [1.82, 2.24) is 0 Å². The number of nitrogens with two attached hydrogens (primary N) is 1. The molecule has 0 saturated heterocycles. The number of aliphatic hydroxyl groups excluding tert-OH is 1. The van der Waals surface area contributed by atoms with Crippen molar-refractivity contribution in [2.45, 2.75) is 29.3 Å². The third-order valence-corrected chi connectivity index (χ3v) is 7.14. The molecule has 0 aliphatic rings. The number of aliphatic hydroxyl groups is 1. The molecule has 13 heteroatoms. The number of hydrogen-bond donors (Lipinski definition) is 3. The SMILES string of the molecule is CC(C)(CO)C(=O)Nc1sc(S(=O)(=O)c2ccc(OC(F)(F)F)cc2)cc1C(N)=O. The predicted molar refractivity (Wildman–Crippen MR) is 101 cm³/mol. The minimum atomic E-state index is -4.93. The van der Waals surface area contributed by atoms with E-state index in [0.29, 0.717) is 11.3 Å². The number of halogens is 3. The van der Waals surface area contributed by atoms with Crippen molar-refractivity contribution in [1.29, 1.82) is 0 Å². The Labute approximate surface area is 173 Å². The number of carbonyl (C=O) groups excluding carboxylic acids is 2. The summed E-state index contributed by atoms with van der Waals surface area (Å²) in [7, 11) is -4.24. The maximum atomic E-state index is 12.8. The number of sulfone groups is 1. The Bertz CT molecular complexity index is 1060. The fraction of sp³-hybridized carbons (Fsp3) is 0.294. The number of ether oxygens (including phenoxy) is 1. The quantitative estimate of drug-likeness (QED) is 0.574. The van der Waals surface area contributed by atoms with Crippen molar-refractivity contribution in [2.75, 3.05) is 11.9 Å². The van der Waals surface area contributed by atoms with Gasteiger partial charge >= 0.3 is 6.36 Å². The number of anilines is 1. The molecule has 0 spiro atoms. The third-order valence-electron chi connectivity index (χ3n) is 3.84. The topological polar surface area (TPSA) is 136 Å². The van der Waals surface area contributed by atoms with Gasteiger partial charge in [0.25, 0.3) is 5.91 Å². The summed E-state index contributed by atoms with van der Waals surface area (Å²) in [5, 5.41) is 11.5. The molecule has 0 fully saturated rings. The van der Waals surface area contributed by atoms with Gasteiger partial charge in [0.1, 0.15) is 15.0 Å². The number of amides is 2. The minimum Gasteiger partial charge on any atom is -0.406 e. The van der Waals surface area contributed by atoms with E-state index in [0.717, 1.165) is 30.3 Å². The maximum absolute atomic E-state index is 12.8. The molecule has 30 heavy (non-hydrogen) atoms. The van der Waals surface area contributed by atoms with Gasteiger partial charge in [-0.05, 0) is 44.2 Å². The summed E-state index contributed by atoms with van der Waals surface area (Å²) < 4.78 is 65.7. The molecule has 1 aromatic heterocycles. The van der Waals surface area contributed by atoms with Crippen molar-refractivity contribution in [2.24, 2.45) is 11.1 Å². The van der Waals surface area contributed by atoms with Crippen LogP contribution >= 0.6 is 11.3 Å². The normalized spacial score (nSPS) is 12.5. The lowest BCUT2D eigenvalue weighted by Crippen LogP contribution is -2.34. The van der Waals surface area contributed by atoms with Crippen LogP contribution in [-0.2, 0) is 14.6 Å². The molecule has 2 aromatic rings. The van der Waals surface area contributed by atoms with E-state index in [9.17, 15) is 36.3 Å². The van der Waals surface area contributed by atoms with Crippen LogP contribution in [0, 0.1) is 5.41 Å². The van der Waals surface area contributed by atoms with E-state index < -0.39 is 45.8 Å². The highest BCUT2D eigenvalue weighted by Crippen LogP contribution is 2.36. The van der Waals surface area contributed by atoms with Crippen molar-refractivity contribution in [3.8, 4) is 5.75 Å². The average molecular weight is 466 g/mol. The highest BCUT2D eigenvalue weighted by Gasteiger charge is 2.32. The first-order valence-corrected chi connectivity index (χ1v) is 10.4. The zero-order valence-corrected chi connectivity index (χ0v) is 17.2. The largest absolute Gasteiger partial charge is 0.573 e. The molecule has 0 aliphatic carbocycles. The number of thiophene rings is 1. The van der Waals surface area contributed by atoms with Crippen molar-refractivity contribution in [3.63, 3.8) is 0 Å². The molecule has 2 rings (SSSR count). The molecule has 0 aliphatic heterocycles. The van der Waals surface area contributed by atoms with E-state index in [-0.39, 0.29) is 19.7 Å². The summed E-state index contributed by atoms with van der Waals surface area (Å²) in [4.78, 5) is 23.6. The van der Waals surface area contributed by atoms with Gasteiger partial charge in [-0.1, -0.05) is 0 Å². The molecule has 1 heterocycles. The predicted octanol–water partition coefficient (Wildman–Crippen LogP) is 2.54. The van der Waals surface area contributed by atoms with E-state index in [2.05, 4.69) is 10.1 Å². The smallest absolute Gasteiger partial charge is 0.406 e. The molecular formula is C17H17F3N2O6S2. The number of hydrogen-bond acceptors (Lipinski definition) is 7. The maximum Gasteiger partial charge on any atom is 0.573 e. The first-order chi connectivity index (χ1) is 13.7. The monoisotopic (exact) mass is 466 g/mol. The van der Waals surface area contributed by atoms with Gasteiger partial charge < -0.3 is 20.9 Å². The average Bonchev–Trinajstić information content (AvgIpc) is 3.05. The van der Waals surface area contributed by atoms with Crippen LogP contribution in [-0.4, -0.2) is 38.3 Å². The Morgan fingerprint density at radius 1 is 1.20 bits per heavy atom. The number of benzene rings is 1. The Kier molecular flexibility index (Phi) is 6.49. The van der Waals surface area contributed by atoms with Crippen LogP contribution in [0.2, 0.25) is 0 Å². The second-order valence-corrected chi connectivity index (χ2v) is 9.92. The molecule has 0 radical (unpaired) electrons. The standard InChI is InChI=1S/C17H17F3N2O6S2/c1-16(2,8-23)15(25)22-14-11(13(21)24)7-12(29-14)30(26,27)10-5-3-9(4-6-10)28-17(18,19)20/h3-7,23H,8H2,1-2H3,(H2,21,24)(H,22,25). The van der Waals surface area contributed by atoms with E-state index in [1.54, 1.807) is 0 Å². The van der Waals surface area contributed by atoms with Crippen LogP contribution in [0.25, 0.3) is 0 Å². The first kappa shape index (κ1) is 23.6. The van der Waals surface area contributed by atoms with Gasteiger partial charge in [0.05, 0.1) is 22.5 Å². The fourth-order valence-corrected chi connectivity index (χ4v) is 4.83. The molecular weight excluding hydrogens is 449 g/mol. The molecule has 0 bridgehead atoms. The van der Waals surface area contributed by atoms with Crippen molar-refractivity contribution in [3.05, 3.63) is 35.9 Å². The molecule has 0 unspecified atom stereocenters. The first-order valence-electron chi connectivity index (χ1n) is 8.14. The lowest BCUT2D eigenvalue weighted by Gasteiger charge is -2.20. The lowest BCUT2D eigenvalue weighted by atomic mass is 9.94. The Balaban J connectivity index is 2.40. The van der Waals surface area contributed by atoms with Gasteiger partial charge in [0.2, 0.25) is 15.7 Å². The van der Waals surface area contributed by atoms with E-state index in [4.69, 9.17) is 5.73 Å². The minimum absolute atomic E-state index is 0.135. The Morgan fingerprint density at radius 2 is 1.77 bits per heavy atom. The second kappa shape index (κ2) is 8.24. The number of rotatable bonds is 7. The summed E-state index contributed by atoms with van der Waals surface area (Å²) in [5.74, 6) is -2.28. The van der Waals surface area contributed by atoms with Gasteiger partial charge in [-0.25, -0.2) is 8.42 Å². The van der Waals surface area contributed by atoms with Gasteiger partial charge in [0.15, 0.2) is 0 Å². The second-order valence-electron chi connectivity index (χ2n) is 6.69. The van der Waals surface area contributed by atoms with Crippen LogP contribution < -0.4 is 15.8 Å². The van der Waals surface area contributed by atoms with Crippen LogP contribution in [0.5, 0.6) is 5.75 Å². The molecule has 4 N–H and O–H groups in total. The zero-order valence-electron chi connectivity index (χ0n) is 15.6. The van der Waals surface area contributed by atoms with Crippen LogP contribution in [0.15, 0.2) is 39.4 Å². The Morgan fingerprint density at radius 3 is 2.23 bits per heavy atom. The zero-order chi connectivity index (χ0) is 22.9. The summed E-state index contributed by atoms with van der Waals surface area (Å²) in [6.07, 6.45) is -4.93. The lowest BCUT2D eigenvalue weighted by molar-refractivity contribution is -0.274. The molecule has 0 saturated carbocycles. The summed E-state index contributed by atoms with van der Waals surface area (Å²) in [6, 6.07) is 4.44. The van der Waals surface area contributed by atoms with Crippen LogP contribution in [0.1, 0.15) is 24.2 Å². The van der Waals surface area contributed by atoms with Crippen LogP contribution in [0.4, 0.5) is 18.2 Å². The number of nitrogens with one attached hydrogen (secondary N) is 1. The van der Waals surface area contributed by atoms with Gasteiger partial charge in [-0.15, -0.1) is 24.5 Å². The van der Waals surface area contributed by atoms with E-state index in [1.807, 2.05) is 0 Å². The molecule has 8 nitrogen and oxygen atoms in total. The van der Waals surface area contributed by atoms with Crippen molar-refractivity contribution >= 4 is 38.0 Å². The van der Waals surface area contributed by atoms with E-state index >= 15 is 0 Å². The molecule has 2 amide bonds. The van der Waals surface area contributed by atoms with Gasteiger partial charge in [-0.3, -0.25) is 9.59 Å². The van der Waals surface area contributed by atoms with Gasteiger partial charge in [-0.2, -0.15) is 0 Å². The van der Waals surface area contributed by atoms with Crippen molar-refractivity contribution < 1.29 is 41.0 Å². The Hall–Kier alpha value is -2.64. The van der Waals surface area contributed by atoms with Crippen LogP contribution in [0.3, 0.4) is 0 Å². The third kappa shape index (κ3) is 5.29. The summed E-state index contributed by atoms with van der Waals surface area (Å²) in [6.45, 7) is 2.36. The summed E-state index contributed by atoms with van der Waals surface area (Å²) >= 11 is 0.545. The number of alkyl halides is 3. The number of primary amides is 1. The fourth-order valence-electron chi connectivity index (χ4n) is 2.06. The molecule has 1 aromatic carbocycles. The summed E-state index contributed by atoms with van der Waals surface area (Å²) in [5.41, 5.74) is 3.77.